The molecule has 25 heavy (non-hydrogen) atoms. The van der Waals surface area contributed by atoms with E-state index < -0.39 is 19.9 Å². The van der Waals surface area contributed by atoms with Gasteiger partial charge in [0.15, 0.2) is 9.84 Å². The maximum Gasteiger partial charge on any atom is 0.243 e. The molecule has 0 amide bonds. The van der Waals surface area contributed by atoms with Crippen LogP contribution in [0.1, 0.15) is 11.1 Å². The van der Waals surface area contributed by atoms with Crippen molar-refractivity contribution >= 4 is 19.9 Å². The average Bonchev–Trinajstić information content (AvgIpc) is 2.54. The van der Waals surface area contributed by atoms with Gasteiger partial charge in [-0.1, -0.05) is 18.2 Å². The third-order valence-corrected chi connectivity index (χ3v) is 6.90. The van der Waals surface area contributed by atoms with Crippen molar-refractivity contribution in [1.82, 2.24) is 4.31 Å². The number of benzene rings is 2. The number of hydrogen-bond acceptors (Lipinski definition) is 5. The Hall–Kier alpha value is -1.90. The Morgan fingerprint density at radius 1 is 1.00 bits per heavy atom. The Morgan fingerprint density at radius 3 is 2.12 bits per heavy atom. The predicted molar refractivity (Wildman–Crippen MR) is 95.9 cm³/mol. The molecule has 0 atom stereocenters. The van der Waals surface area contributed by atoms with Gasteiger partial charge in [-0.3, -0.25) is 0 Å². The molecule has 0 aliphatic heterocycles. The minimum absolute atomic E-state index is 0.00793. The van der Waals surface area contributed by atoms with Gasteiger partial charge in [-0.05, 0) is 42.3 Å². The lowest BCUT2D eigenvalue weighted by Gasteiger charge is -2.19. The summed E-state index contributed by atoms with van der Waals surface area (Å²) in [6, 6.07) is 11.2. The first-order valence-corrected chi connectivity index (χ1v) is 10.8. The quantitative estimate of drug-likeness (QED) is 0.764. The highest BCUT2D eigenvalue weighted by molar-refractivity contribution is 7.91. The van der Waals surface area contributed by atoms with Crippen LogP contribution in [0.4, 0.5) is 0 Å². The van der Waals surface area contributed by atoms with Crippen molar-refractivity contribution in [2.24, 2.45) is 0 Å². The van der Waals surface area contributed by atoms with E-state index in [1.165, 1.54) is 29.6 Å². The molecule has 136 valence electrons. The highest BCUT2D eigenvalue weighted by atomic mass is 32.2. The molecule has 2 rings (SSSR count). The molecule has 0 unspecified atom stereocenters. The summed E-state index contributed by atoms with van der Waals surface area (Å²) in [7, 11) is -4.30. The summed E-state index contributed by atoms with van der Waals surface area (Å²) in [5, 5.41) is 0. The van der Waals surface area contributed by atoms with Gasteiger partial charge in [0.05, 0.1) is 16.9 Å². The third-order valence-electron chi connectivity index (χ3n) is 3.84. The monoisotopic (exact) mass is 383 g/mol. The average molecular weight is 383 g/mol. The van der Waals surface area contributed by atoms with Crippen LogP contribution in [0.15, 0.2) is 52.3 Å². The number of methoxy groups -OCH3 is 1. The molecular weight excluding hydrogens is 362 g/mol. The van der Waals surface area contributed by atoms with Crippen molar-refractivity contribution in [3.63, 3.8) is 0 Å². The first-order valence-electron chi connectivity index (χ1n) is 7.45. The van der Waals surface area contributed by atoms with E-state index in [0.29, 0.717) is 11.3 Å². The smallest absolute Gasteiger partial charge is 0.243 e. The van der Waals surface area contributed by atoms with Crippen LogP contribution in [0.5, 0.6) is 5.75 Å². The van der Waals surface area contributed by atoms with E-state index in [0.717, 1.165) is 11.8 Å². The van der Waals surface area contributed by atoms with Crippen molar-refractivity contribution in [2.75, 3.05) is 20.4 Å². The topological polar surface area (TPSA) is 80.8 Å². The second-order valence-corrected chi connectivity index (χ2v) is 9.84. The highest BCUT2D eigenvalue weighted by Crippen LogP contribution is 2.24. The van der Waals surface area contributed by atoms with E-state index in [2.05, 4.69) is 0 Å². The van der Waals surface area contributed by atoms with Crippen LogP contribution in [0.2, 0.25) is 0 Å². The number of hydrogen-bond donors (Lipinski definition) is 0. The van der Waals surface area contributed by atoms with Gasteiger partial charge in [-0.25, -0.2) is 16.8 Å². The summed E-state index contributed by atoms with van der Waals surface area (Å²) in [5.74, 6) is 0.686. The molecule has 8 heteroatoms. The summed E-state index contributed by atoms with van der Waals surface area (Å²) in [4.78, 5) is -0.0269. The summed E-state index contributed by atoms with van der Waals surface area (Å²) in [6.07, 6.45) is 1.05. The molecule has 0 N–H and O–H groups in total. The number of nitrogens with zero attached hydrogens (tertiary/aromatic N) is 1. The zero-order chi connectivity index (χ0) is 18.8. The molecule has 6 nitrogen and oxygen atoms in total. The summed E-state index contributed by atoms with van der Waals surface area (Å²) in [6.45, 7) is 1.80. The Bertz CT molecular complexity index is 965. The summed E-state index contributed by atoms with van der Waals surface area (Å²) < 4.78 is 55.5. The molecule has 2 aromatic carbocycles. The van der Waals surface area contributed by atoms with E-state index in [1.807, 2.05) is 0 Å². The SMILES string of the molecule is COc1ccc(CN(C)S(=O)(=O)c2cc(S(C)(=O)=O)ccc2C)cc1. The highest BCUT2D eigenvalue weighted by Gasteiger charge is 2.24. The molecule has 0 radical (unpaired) electrons. The van der Waals surface area contributed by atoms with Gasteiger partial charge in [0.1, 0.15) is 5.75 Å². The van der Waals surface area contributed by atoms with Crippen LogP contribution in [-0.4, -0.2) is 41.6 Å². The zero-order valence-electron chi connectivity index (χ0n) is 14.6. The first kappa shape index (κ1) is 19.4. The summed E-state index contributed by atoms with van der Waals surface area (Å²) >= 11 is 0. The van der Waals surface area contributed by atoms with Gasteiger partial charge in [0.2, 0.25) is 10.0 Å². The fraction of sp³-hybridized carbons (Fsp3) is 0.294. The standard InChI is InChI=1S/C17H21NO5S2/c1-13-5-10-16(24(4,19)20)11-17(13)25(21,22)18(2)12-14-6-8-15(23-3)9-7-14/h5-11H,12H2,1-4H3. The number of sulfonamides is 1. The normalized spacial score (nSPS) is 12.4. The van der Waals surface area contributed by atoms with Gasteiger partial charge in [-0.15, -0.1) is 0 Å². The number of ether oxygens (including phenoxy) is 1. The molecule has 0 saturated heterocycles. The number of sulfone groups is 1. The zero-order valence-corrected chi connectivity index (χ0v) is 16.2. The molecule has 0 bridgehead atoms. The maximum atomic E-state index is 12.9. The minimum Gasteiger partial charge on any atom is -0.497 e. The van der Waals surface area contributed by atoms with Crippen molar-refractivity contribution in [2.45, 2.75) is 23.3 Å². The molecule has 0 heterocycles. The molecular formula is C17H21NO5S2. The first-order chi connectivity index (χ1) is 11.6. The largest absolute Gasteiger partial charge is 0.497 e. The van der Waals surface area contributed by atoms with Crippen LogP contribution in [-0.2, 0) is 26.4 Å². The molecule has 0 fully saturated rings. The van der Waals surface area contributed by atoms with Crippen molar-refractivity contribution in [1.29, 1.82) is 0 Å². The number of rotatable bonds is 6. The van der Waals surface area contributed by atoms with Gasteiger partial charge >= 0.3 is 0 Å². The van der Waals surface area contributed by atoms with Crippen molar-refractivity contribution in [3.05, 3.63) is 53.6 Å². The van der Waals surface area contributed by atoms with E-state index in [9.17, 15) is 16.8 Å². The molecule has 0 spiro atoms. The predicted octanol–water partition coefficient (Wildman–Crippen LogP) is 2.23. The van der Waals surface area contributed by atoms with Crippen LogP contribution in [0, 0.1) is 6.92 Å². The molecule has 2 aromatic rings. The third kappa shape index (κ3) is 4.39. The Balaban J connectivity index is 2.36. The van der Waals surface area contributed by atoms with Crippen molar-refractivity contribution in [3.8, 4) is 5.75 Å². The fourth-order valence-corrected chi connectivity index (χ4v) is 4.46. The Labute approximate surface area is 149 Å². The van der Waals surface area contributed by atoms with E-state index in [4.69, 9.17) is 4.74 Å². The lowest BCUT2D eigenvalue weighted by atomic mass is 10.2. The molecule has 0 aromatic heterocycles. The van der Waals surface area contributed by atoms with Gasteiger partial charge in [-0.2, -0.15) is 4.31 Å². The maximum absolute atomic E-state index is 12.9. The van der Waals surface area contributed by atoms with Crippen molar-refractivity contribution < 1.29 is 21.6 Å². The lowest BCUT2D eigenvalue weighted by molar-refractivity contribution is 0.414. The van der Waals surface area contributed by atoms with Crippen LogP contribution in [0.25, 0.3) is 0 Å². The molecule has 0 saturated carbocycles. The second kappa shape index (κ2) is 7.15. The number of aryl methyl sites for hydroxylation is 1. The van der Waals surface area contributed by atoms with E-state index in [-0.39, 0.29) is 16.3 Å². The Kier molecular flexibility index (Phi) is 5.55. The van der Waals surface area contributed by atoms with Crippen LogP contribution in [0.3, 0.4) is 0 Å². The van der Waals surface area contributed by atoms with Gasteiger partial charge in [0.25, 0.3) is 0 Å². The van der Waals surface area contributed by atoms with E-state index in [1.54, 1.807) is 38.3 Å². The van der Waals surface area contributed by atoms with Crippen LogP contribution >= 0.6 is 0 Å². The Morgan fingerprint density at radius 2 is 1.60 bits per heavy atom. The molecule has 0 aliphatic carbocycles. The molecule has 0 aliphatic rings. The second-order valence-electron chi connectivity index (χ2n) is 5.81. The minimum atomic E-state index is -3.83. The van der Waals surface area contributed by atoms with Gasteiger partial charge < -0.3 is 4.74 Å². The van der Waals surface area contributed by atoms with E-state index >= 15 is 0 Å². The summed E-state index contributed by atoms with van der Waals surface area (Å²) in [5.41, 5.74) is 1.29. The van der Waals surface area contributed by atoms with Crippen LogP contribution < -0.4 is 4.74 Å². The lowest BCUT2D eigenvalue weighted by Crippen LogP contribution is -2.27. The fourth-order valence-electron chi connectivity index (χ4n) is 2.33. The van der Waals surface area contributed by atoms with Gasteiger partial charge in [0, 0.05) is 19.8 Å².